The van der Waals surface area contributed by atoms with E-state index in [0.717, 1.165) is 0 Å². The standard InChI is InChI=1S/C14H20N8O2/c1-10(2)22-7-11(18-19-22)6-12-13(23)21(14(24)17-12)5-3-4-20-9-15-8-16-20/h7-10,12H,3-6H2,1-2H3,(H,17,24). The van der Waals surface area contributed by atoms with E-state index in [0.29, 0.717) is 31.6 Å². The van der Waals surface area contributed by atoms with Crippen molar-refractivity contribution in [1.82, 2.24) is 40.0 Å². The van der Waals surface area contributed by atoms with Gasteiger partial charge in [0.2, 0.25) is 0 Å². The number of carbonyl (C=O) groups is 2. The first kappa shape index (κ1) is 16.1. The van der Waals surface area contributed by atoms with Crippen LogP contribution in [0.3, 0.4) is 0 Å². The number of hydrogen-bond acceptors (Lipinski definition) is 6. The molecule has 24 heavy (non-hydrogen) atoms. The fraction of sp³-hybridized carbons (Fsp3) is 0.571. The molecule has 1 aliphatic heterocycles. The third-order valence-electron chi connectivity index (χ3n) is 3.84. The summed E-state index contributed by atoms with van der Waals surface area (Å²) in [5.41, 5.74) is 0.687. The SMILES string of the molecule is CC(C)n1cc(CC2NC(=O)N(CCCn3cncn3)C2=O)nn1. The molecule has 0 saturated carbocycles. The molecule has 0 bridgehead atoms. The Kier molecular flexibility index (Phi) is 4.54. The van der Waals surface area contributed by atoms with Crippen LogP contribution in [-0.4, -0.2) is 59.2 Å². The molecule has 3 heterocycles. The molecule has 1 saturated heterocycles. The van der Waals surface area contributed by atoms with Gasteiger partial charge in [-0.2, -0.15) is 5.10 Å². The molecule has 1 N–H and O–H groups in total. The lowest BCUT2D eigenvalue weighted by atomic mass is 10.1. The summed E-state index contributed by atoms with van der Waals surface area (Å²) in [5.74, 6) is -0.224. The van der Waals surface area contributed by atoms with Gasteiger partial charge in [-0.15, -0.1) is 5.10 Å². The van der Waals surface area contributed by atoms with E-state index in [1.807, 2.05) is 13.8 Å². The van der Waals surface area contributed by atoms with Crippen molar-refractivity contribution < 1.29 is 9.59 Å². The zero-order valence-electron chi connectivity index (χ0n) is 13.7. The number of urea groups is 1. The topological polar surface area (TPSA) is 111 Å². The number of rotatable bonds is 7. The van der Waals surface area contributed by atoms with Crippen LogP contribution in [0.25, 0.3) is 0 Å². The molecule has 0 radical (unpaired) electrons. The maximum absolute atomic E-state index is 12.4. The molecule has 1 unspecified atom stereocenters. The maximum Gasteiger partial charge on any atom is 0.324 e. The molecule has 0 aromatic carbocycles. The molecule has 1 aliphatic rings. The first-order valence-electron chi connectivity index (χ1n) is 7.89. The smallest absolute Gasteiger partial charge is 0.324 e. The lowest BCUT2D eigenvalue weighted by molar-refractivity contribution is -0.127. The molecule has 1 atom stereocenters. The highest BCUT2D eigenvalue weighted by Gasteiger charge is 2.37. The van der Waals surface area contributed by atoms with E-state index in [9.17, 15) is 9.59 Å². The molecule has 3 amide bonds. The molecular weight excluding hydrogens is 312 g/mol. The third kappa shape index (κ3) is 3.42. The summed E-state index contributed by atoms with van der Waals surface area (Å²) < 4.78 is 3.40. The average Bonchev–Trinajstić information content (AvgIpc) is 3.25. The predicted octanol–water partition coefficient (Wildman–Crippen LogP) is 0.00370. The van der Waals surface area contributed by atoms with E-state index in [-0.39, 0.29) is 18.0 Å². The number of aryl methyl sites for hydroxylation is 1. The van der Waals surface area contributed by atoms with Gasteiger partial charge in [0.15, 0.2) is 0 Å². The van der Waals surface area contributed by atoms with Crippen molar-refractivity contribution in [3.05, 3.63) is 24.5 Å². The minimum Gasteiger partial charge on any atom is -0.325 e. The van der Waals surface area contributed by atoms with Crippen molar-refractivity contribution in [3.8, 4) is 0 Å². The summed E-state index contributed by atoms with van der Waals surface area (Å²) in [6, 6.07) is -0.741. The van der Waals surface area contributed by atoms with E-state index in [1.165, 1.54) is 11.2 Å². The average molecular weight is 332 g/mol. The minimum absolute atomic E-state index is 0.202. The van der Waals surface area contributed by atoms with E-state index in [1.54, 1.807) is 21.9 Å². The first-order chi connectivity index (χ1) is 11.5. The Hall–Kier alpha value is -2.78. The second kappa shape index (κ2) is 6.77. The van der Waals surface area contributed by atoms with Crippen molar-refractivity contribution >= 4 is 11.9 Å². The van der Waals surface area contributed by atoms with Gasteiger partial charge in [-0.05, 0) is 20.3 Å². The monoisotopic (exact) mass is 332 g/mol. The van der Waals surface area contributed by atoms with Crippen molar-refractivity contribution in [2.75, 3.05) is 6.54 Å². The molecule has 10 nitrogen and oxygen atoms in total. The second-order valence-electron chi connectivity index (χ2n) is 5.99. The second-order valence-corrected chi connectivity index (χ2v) is 5.99. The van der Waals surface area contributed by atoms with Crippen LogP contribution in [0.1, 0.15) is 32.0 Å². The van der Waals surface area contributed by atoms with Gasteiger partial charge in [0.1, 0.15) is 18.7 Å². The lowest BCUT2D eigenvalue weighted by Gasteiger charge is -2.12. The number of nitrogens with zero attached hydrogens (tertiary/aromatic N) is 7. The first-order valence-corrected chi connectivity index (χ1v) is 7.89. The Bertz CT molecular complexity index is 708. The van der Waals surface area contributed by atoms with E-state index in [4.69, 9.17) is 0 Å². The Labute approximate surface area is 138 Å². The van der Waals surface area contributed by atoms with Crippen LogP contribution in [0, 0.1) is 0 Å². The van der Waals surface area contributed by atoms with Crippen LogP contribution < -0.4 is 5.32 Å². The van der Waals surface area contributed by atoms with Crippen LogP contribution in [0.2, 0.25) is 0 Å². The number of nitrogens with one attached hydrogen (secondary N) is 1. The molecule has 3 rings (SSSR count). The largest absolute Gasteiger partial charge is 0.325 e. The summed E-state index contributed by atoms with van der Waals surface area (Å²) in [4.78, 5) is 29.5. The van der Waals surface area contributed by atoms with Gasteiger partial charge in [0.05, 0.1) is 5.69 Å². The maximum atomic E-state index is 12.4. The van der Waals surface area contributed by atoms with Crippen LogP contribution in [0.4, 0.5) is 4.79 Å². The number of aromatic nitrogens is 6. The summed E-state index contributed by atoms with van der Waals surface area (Å²) >= 11 is 0. The van der Waals surface area contributed by atoms with Crippen molar-refractivity contribution in [1.29, 1.82) is 0 Å². The summed E-state index contributed by atoms with van der Waals surface area (Å²) in [6.45, 7) is 4.94. The van der Waals surface area contributed by atoms with Gasteiger partial charge in [0.25, 0.3) is 5.91 Å². The van der Waals surface area contributed by atoms with Crippen LogP contribution >= 0.6 is 0 Å². The van der Waals surface area contributed by atoms with Crippen LogP contribution in [0.5, 0.6) is 0 Å². The van der Waals surface area contributed by atoms with Crippen molar-refractivity contribution in [2.45, 2.75) is 45.3 Å². The predicted molar refractivity (Wildman–Crippen MR) is 82.8 cm³/mol. The molecule has 1 fully saturated rings. The van der Waals surface area contributed by atoms with E-state index in [2.05, 4.69) is 25.7 Å². The van der Waals surface area contributed by atoms with Gasteiger partial charge < -0.3 is 5.32 Å². The summed E-state index contributed by atoms with van der Waals surface area (Å²) in [6.07, 6.45) is 5.83. The minimum atomic E-state index is -0.582. The molecule has 2 aromatic rings. The zero-order chi connectivity index (χ0) is 17.1. The number of hydrogen-bond donors (Lipinski definition) is 1. The van der Waals surface area contributed by atoms with Crippen LogP contribution in [0.15, 0.2) is 18.9 Å². The normalized spacial score (nSPS) is 17.8. The summed E-state index contributed by atoms with van der Waals surface area (Å²) in [5, 5.41) is 14.8. The molecular formula is C14H20N8O2. The van der Waals surface area contributed by atoms with Gasteiger partial charge in [0, 0.05) is 31.7 Å². The third-order valence-corrected chi connectivity index (χ3v) is 3.84. The zero-order valence-corrected chi connectivity index (χ0v) is 13.7. The van der Waals surface area contributed by atoms with E-state index < -0.39 is 6.04 Å². The Morgan fingerprint density at radius 1 is 1.29 bits per heavy atom. The van der Waals surface area contributed by atoms with Crippen molar-refractivity contribution in [2.24, 2.45) is 0 Å². The van der Waals surface area contributed by atoms with Gasteiger partial charge in [-0.3, -0.25) is 14.4 Å². The molecule has 128 valence electrons. The van der Waals surface area contributed by atoms with E-state index >= 15 is 0 Å². The highest BCUT2D eigenvalue weighted by Crippen LogP contribution is 2.12. The fourth-order valence-electron chi connectivity index (χ4n) is 2.53. The number of imide groups is 1. The molecule has 10 heteroatoms. The van der Waals surface area contributed by atoms with Gasteiger partial charge >= 0.3 is 6.03 Å². The quantitative estimate of drug-likeness (QED) is 0.715. The Morgan fingerprint density at radius 3 is 2.79 bits per heavy atom. The Morgan fingerprint density at radius 2 is 2.12 bits per heavy atom. The molecule has 2 aromatic heterocycles. The Balaban J connectivity index is 1.54. The number of amides is 3. The van der Waals surface area contributed by atoms with Gasteiger partial charge in [-0.1, -0.05) is 5.21 Å². The fourth-order valence-corrected chi connectivity index (χ4v) is 2.53. The lowest BCUT2D eigenvalue weighted by Crippen LogP contribution is -2.33. The highest BCUT2D eigenvalue weighted by molar-refractivity contribution is 6.04. The van der Waals surface area contributed by atoms with Gasteiger partial charge in [-0.25, -0.2) is 14.5 Å². The van der Waals surface area contributed by atoms with Crippen LogP contribution in [-0.2, 0) is 17.8 Å². The summed E-state index contributed by atoms with van der Waals surface area (Å²) in [7, 11) is 0. The number of carbonyl (C=O) groups excluding carboxylic acids is 2. The van der Waals surface area contributed by atoms with Crippen molar-refractivity contribution in [3.63, 3.8) is 0 Å². The molecule has 0 aliphatic carbocycles. The molecule has 0 spiro atoms. The highest BCUT2D eigenvalue weighted by atomic mass is 16.2.